The predicted octanol–water partition coefficient (Wildman–Crippen LogP) is 3.90. The number of hydrogen-bond donors (Lipinski definition) is 0. The highest BCUT2D eigenvalue weighted by molar-refractivity contribution is 9.10. The summed E-state index contributed by atoms with van der Waals surface area (Å²) in [4.78, 5) is 0.218. The lowest BCUT2D eigenvalue weighted by atomic mass is 10.1. The zero-order valence-electron chi connectivity index (χ0n) is 10.2. The zero-order chi connectivity index (χ0) is 14.1. The lowest BCUT2D eigenvalue weighted by Gasteiger charge is -2.33. The minimum absolute atomic E-state index is 0.218. The summed E-state index contributed by atoms with van der Waals surface area (Å²) in [6, 6.07) is 4.58. The third-order valence-corrected chi connectivity index (χ3v) is 7.38. The summed E-state index contributed by atoms with van der Waals surface area (Å²) in [5, 5.41) is 1.03. The van der Waals surface area contributed by atoms with Gasteiger partial charge < -0.3 is 0 Å². The Kier molecular flexibility index (Phi) is 5.29. The van der Waals surface area contributed by atoms with Gasteiger partial charge in [-0.1, -0.05) is 27.5 Å². The van der Waals surface area contributed by atoms with E-state index in [0.29, 0.717) is 14.8 Å². The molecule has 0 aliphatic heterocycles. The maximum Gasteiger partial charge on any atom is 0.243 e. The van der Waals surface area contributed by atoms with E-state index in [1.165, 1.54) is 16.4 Å². The number of nitrogens with zero attached hydrogens (tertiary/aromatic N) is 1. The molecule has 7 heteroatoms. The van der Waals surface area contributed by atoms with Gasteiger partial charge in [-0.05, 0) is 48.0 Å². The Morgan fingerprint density at radius 2 is 1.94 bits per heavy atom. The monoisotopic (exact) mass is 417 g/mol. The fourth-order valence-electron chi connectivity index (χ4n) is 1.20. The van der Waals surface area contributed by atoms with Crippen LogP contribution in [0.1, 0.15) is 13.8 Å². The van der Waals surface area contributed by atoms with E-state index in [4.69, 9.17) is 11.6 Å². The van der Waals surface area contributed by atoms with E-state index in [9.17, 15) is 8.42 Å². The molecule has 0 aliphatic carbocycles. The van der Waals surface area contributed by atoms with E-state index >= 15 is 0 Å². The van der Waals surface area contributed by atoms with Crippen LogP contribution in [0.25, 0.3) is 0 Å². The van der Waals surface area contributed by atoms with Crippen LogP contribution in [-0.4, -0.2) is 30.6 Å². The van der Waals surface area contributed by atoms with Gasteiger partial charge in [-0.2, -0.15) is 4.31 Å². The second kappa shape index (κ2) is 5.79. The van der Waals surface area contributed by atoms with Crippen molar-refractivity contribution in [2.75, 3.05) is 12.4 Å². The van der Waals surface area contributed by atoms with Crippen LogP contribution < -0.4 is 0 Å². The molecule has 0 saturated carbocycles. The Balaban J connectivity index is 3.26. The molecule has 102 valence electrons. The molecule has 0 heterocycles. The first-order valence-electron chi connectivity index (χ1n) is 5.13. The van der Waals surface area contributed by atoms with Gasteiger partial charge in [0.25, 0.3) is 0 Å². The van der Waals surface area contributed by atoms with Crippen LogP contribution in [0.5, 0.6) is 0 Å². The number of alkyl halides is 1. The van der Waals surface area contributed by atoms with Gasteiger partial charge in [-0.3, -0.25) is 0 Å². The second-order valence-electron chi connectivity index (χ2n) is 4.49. The molecule has 0 aliphatic rings. The van der Waals surface area contributed by atoms with Gasteiger partial charge in [0.2, 0.25) is 10.0 Å². The van der Waals surface area contributed by atoms with Gasteiger partial charge in [-0.15, -0.1) is 0 Å². The molecule has 0 N–H and O–H groups in total. The number of rotatable bonds is 4. The normalized spacial score (nSPS) is 13.1. The molecule has 0 atom stereocenters. The average molecular weight is 420 g/mol. The summed E-state index contributed by atoms with van der Waals surface area (Å²) in [5.74, 6) is 0. The van der Waals surface area contributed by atoms with Crippen LogP contribution in [0, 0.1) is 0 Å². The quantitative estimate of drug-likeness (QED) is 0.695. The van der Waals surface area contributed by atoms with Gasteiger partial charge in [0.05, 0.1) is 9.92 Å². The average Bonchev–Trinajstić information content (AvgIpc) is 2.31. The number of hydrogen-bond acceptors (Lipinski definition) is 2. The molecule has 3 nitrogen and oxygen atoms in total. The summed E-state index contributed by atoms with van der Waals surface area (Å²) >= 11 is 12.4. The van der Waals surface area contributed by atoms with Crippen molar-refractivity contribution in [1.82, 2.24) is 4.31 Å². The standard InChI is InChI=1S/C11H14Br2ClNO2S/c1-11(2,7-12)15(3)18(16,17)8-4-5-10(14)9(13)6-8/h4-6H,7H2,1-3H3. The third kappa shape index (κ3) is 3.28. The van der Waals surface area contributed by atoms with Crippen molar-refractivity contribution in [3.8, 4) is 0 Å². The number of halogens is 3. The van der Waals surface area contributed by atoms with Crippen molar-refractivity contribution in [1.29, 1.82) is 0 Å². The summed E-state index contributed by atoms with van der Waals surface area (Å²) in [7, 11) is -1.96. The largest absolute Gasteiger partial charge is 0.243 e. The SMILES string of the molecule is CN(C(C)(C)CBr)S(=O)(=O)c1ccc(Cl)c(Br)c1. The van der Waals surface area contributed by atoms with E-state index in [1.54, 1.807) is 13.1 Å². The molecule has 0 bridgehead atoms. The predicted molar refractivity (Wildman–Crippen MR) is 82.0 cm³/mol. The van der Waals surface area contributed by atoms with Crippen molar-refractivity contribution in [2.45, 2.75) is 24.3 Å². The van der Waals surface area contributed by atoms with Crippen LogP contribution >= 0.6 is 43.5 Å². The molecular weight excluding hydrogens is 405 g/mol. The van der Waals surface area contributed by atoms with E-state index in [-0.39, 0.29) is 4.90 Å². The van der Waals surface area contributed by atoms with Gasteiger partial charge in [0.15, 0.2) is 0 Å². The molecule has 18 heavy (non-hydrogen) atoms. The van der Waals surface area contributed by atoms with Crippen molar-refractivity contribution < 1.29 is 8.42 Å². The molecule has 0 saturated heterocycles. The molecule has 0 amide bonds. The molecule has 0 spiro atoms. The van der Waals surface area contributed by atoms with Crippen LogP contribution in [0.15, 0.2) is 27.6 Å². The Morgan fingerprint density at radius 1 is 1.39 bits per heavy atom. The number of benzene rings is 1. The van der Waals surface area contributed by atoms with Gasteiger partial charge in [0, 0.05) is 22.4 Å². The summed E-state index contributed by atoms with van der Waals surface area (Å²) in [6.45, 7) is 3.70. The fourth-order valence-corrected chi connectivity index (χ4v) is 3.93. The first-order valence-corrected chi connectivity index (χ1v) is 8.86. The van der Waals surface area contributed by atoms with Crippen molar-refractivity contribution in [3.63, 3.8) is 0 Å². The second-order valence-corrected chi connectivity index (χ2v) is 8.29. The minimum Gasteiger partial charge on any atom is -0.207 e. The Labute approximate surface area is 130 Å². The molecule has 1 rings (SSSR count). The molecule has 0 unspecified atom stereocenters. The Morgan fingerprint density at radius 3 is 2.39 bits per heavy atom. The summed E-state index contributed by atoms with van der Waals surface area (Å²) < 4.78 is 26.8. The lowest BCUT2D eigenvalue weighted by molar-refractivity contribution is 0.299. The lowest BCUT2D eigenvalue weighted by Crippen LogP contribution is -2.46. The summed E-state index contributed by atoms with van der Waals surface area (Å²) in [6.07, 6.45) is 0. The maximum absolute atomic E-state index is 12.4. The highest BCUT2D eigenvalue weighted by Gasteiger charge is 2.33. The number of sulfonamides is 1. The Hall–Kier alpha value is 0.380. The van der Waals surface area contributed by atoms with Crippen molar-refractivity contribution in [2.24, 2.45) is 0 Å². The third-order valence-electron chi connectivity index (χ3n) is 2.73. The summed E-state index contributed by atoms with van der Waals surface area (Å²) in [5.41, 5.74) is -0.509. The van der Waals surface area contributed by atoms with E-state index in [2.05, 4.69) is 31.9 Å². The van der Waals surface area contributed by atoms with Crippen LogP contribution in [0.3, 0.4) is 0 Å². The zero-order valence-corrected chi connectivity index (χ0v) is 15.0. The van der Waals surface area contributed by atoms with Crippen molar-refractivity contribution >= 4 is 53.5 Å². The Bertz CT molecular complexity index is 546. The van der Waals surface area contributed by atoms with Gasteiger partial charge in [0.1, 0.15) is 0 Å². The molecule has 1 aromatic rings. The van der Waals surface area contributed by atoms with Crippen molar-refractivity contribution in [3.05, 3.63) is 27.7 Å². The van der Waals surface area contributed by atoms with Crippen LogP contribution in [0.2, 0.25) is 5.02 Å². The van der Waals surface area contributed by atoms with Crippen LogP contribution in [-0.2, 0) is 10.0 Å². The maximum atomic E-state index is 12.4. The van der Waals surface area contributed by atoms with Gasteiger partial charge >= 0.3 is 0 Å². The highest BCUT2D eigenvalue weighted by Crippen LogP contribution is 2.29. The van der Waals surface area contributed by atoms with Crippen LogP contribution in [0.4, 0.5) is 0 Å². The first kappa shape index (κ1) is 16.4. The molecule has 0 fully saturated rings. The van der Waals surface area contributed by atoms with Gasteiger partial charge in [-0.25, -0.2) is 8.42 Å². The molecule has 0 radical (unpaired) electrons. The molecule has 0 aromatic heterocycles. The topological polar surface area (TPSA) is 37.4 Å². The van der Waals surface area contributed by atoms with E-state index < -0.39 is 15.6 Å². The van der Waals surface area contributed by atoms with E-state index in [1.807, 2.05) is 13.8 Å². The smallest absolute Gasteiger partial charge is 0.207 e. The minimum atomic E-state index is -3.53. The first-order chi connectivity index (χ1) is 8.13. The highest BCUT2D eigenvalue weighted by atomic mass is 79.9. The fraction of sp³-hybridized carbons (Fsp3) is 0.455. The molecule has 1 aromatic carbocycles. The van der Waals surface area contributed by atoms with E-state index in [0.717, 1.165) is 0 Å². The molecular formula is C11H14Br2ClNO2S.